The van der Waals surface area contributed by atoms with Gasteiger partial charge in [0.25, 0.3) is 0 Å². The molecule has 0 aliphatic carbocycles. The standard InChI is InChI=1S/C51H97N3O4/c1-6-10-14-18-20-28-37-48(35-26-16-12-8-3)50(55)57-45-32-24-22-30-40-53(42-34-43-54-44-39-52-47(54)5)41-31-23-25-33-46-58-51(56)49(36-27-17-13-9-4)38-29-21-19-15-11-7-2/h39,44,48-49H,6-38,40-43,45-46H2,1-5H3/t48-,49?/m0/s1. The van der Waals surface area contributed by atoms with Crippen LogP contribution in [-0.2, 0) is 25.6 Å². The molecule has 1 aromatic heterocycles. The molecule has 0 aromatic carbocycles. The van der Waals surface area contributed by atoms with E-state index < -0.39 is 0 Å². The van der Waals surface area contributed by atoms with Crippen LogP contribution in [0.25, 0.3) is 0 Å². The number of carbonyl (C=O) groups is 2. The number of hydrogen-bond donors (Lipinski definition) is 0. The first kappa shape index (κ1) is 54.1. The smallest absolute Gasteiger partial charge is 0.308 e. The summed E-state index contributed by atoms with van der Waals surface area (Å²) in [5.41, 5.74) is 0. The van der Waals surface area contributed by atoms with Gasteiger partial charge in [0, 0.05) is 18.9 Å². The summed E-state index contributed by atoms with van der Waals surface area (Å²) in [5, 5.41) is 0. The fraction of sp³-hybridized carbons (Fsp3) is 0.902. The molecule has 0 aliphatic rings. The highest BCUT2D eigenvalue weighted by atomic mass is 16.5. The Morgan fingerprint density at radius 1 is 0.500 bits per heavy atom. The summed E-state index contributed by atoms with van der Waals surface area (Å²) in [4.78, 5) is 33.2. The van der Waals surface area contributed by atoms with Gasteiger partial charge in [-0.05, 0) is 84.3 Å². The van der Waals surface area contributed by atoms with E-state index in [1.54, 1.807) is 0 Å². The van der Waals surface area contributed by atoms with Gasteiger partial charge in [0.15, 0.2) is 0 Å². The van der Waals surface area contributed by atoms with E-state index in [1.807, 2.05) is 6.20 Å². The number of nitrogens with zero attached hydrogens (tertiary/aromatic N) is 3. The maximum Gasteiger partial charge on any atom is 0.308 e. The number of rotatable bonds is 44. The average Bonchev–Trinajstić information content (AvgIpc) is 3.64. The lowest BCUT2D eigenvalue weighted by atomic mass is 9.94. The van der Waals surface area contributed by atoms with Crippen molar-refractivity contribution < 1.29 is 19.1 Å². The van der Waals surface area contributed by atoms with Crippen molar-refractivity contribution in [3.05, 3.63) is 18.2 Å². The molecule has 0 radical (unpaired) electrons. The number of hydrogen-bond acceptors (Lipinski definition) is 6. The van der Waals surface area contributed by atoms with Crippen molar-refractivity contribution in [1.82, 2.24) is 14.5 Å². The number of imidazole rings is 1. The van der Waals surface area contributed by atoms with Gasteiger partial charge in [-0.3, -0.25) is 9.59 Å². The van der Waals surface area contributed by atoms with E-state index in [1.165, 1.54) is 128 Å². The third-order valence-corrected chi connectivity index (χ3v) is 12.3. The van der Waals surface area contributed by atoms with E-state index in [0.29, 0.717) is 13.2 Å². The van der Waals surface area contributed by atoms with E-state index in [9.17, 15) is 9.59 Å². The molecule has 0 saturated heterocycles. The second-order valence-electron chi connectivity index (χ2n) is 17.7. The zero-order valence-electron chi connectivity index (χ0n) is 39.4. The van der Waals surface area contributed by atoms with Gasteiger partial charge in [-0.15, -0.1) is 0 Å². The molecule has 0 spiro atoms. The van der Waals surface area contributed by atoms with Crippen molar-refractivity contribution in [3.63, 3.8) is 0 Å². The molecule has 7 nitrogen and oxygen atoms in total. The third-order valence-electron chi connectivity index (χ3n) is 12.3. The molecule has 0 aliphatic heterocycles. The Labute approximate surface area is 360 Å². The van der Waals surface area contributed by atoms with Crippen molar-refractivity contribution in [2.75, 3.05) is 32.8 Å². The number of unbranched alkanes of at least 4 members (excludes halogenated alkanes) is 22. The van der Waals surface area contributed by atoms with E-state index in [0.717, 1.165) is 115 Å². The first-order valence-electron chi connectivity index (χ1n) is 25.5. The number of aryl methyl sites for hydroxylation is 2. The topological polar surface area (TPSA) is 73.7 Å². The van der Waals surface area contributed by atoms with E-state index in [2.05, 4.69) is 55.3 Å². The van der Waals surface area contributed by atoms with Crippen LogP contribution < -0.4 is 0 Å². The van der Waals surface area contributed by atoms with Crippen LogP contribution in [0.5, 0.6) is 0 Å². The minimum absolute atomic E-state index is 0.0630. The highest BCUT2D eigenvalue weighted by Crippen LogP contribution is 2.22. The first-order valence-corrected chi connectivity index (χ1v) is 25.5. The Kier molecular flexibility index (Phi) is 37.8. The van der Waals surface area contributed by atoms with Gasteiger partial charge in [0.1, 0.15) is 5.82 Å². The summed E-state index contributed by atoms with van der Waals surface area (Å²) in [6.45, 7) is 16.6. The number of aromatic nitrogens is 2. The highest BCUT2D eigenvalue weighted by molar-refractivity contribution is 5.72. The van der Waals surface area contributed by atoms with Crippen molar-refractivity contribution in [3.8, 4) is 0 Å². The molecule has 7 heteroatoms. The van der Waals surface area contributed by atoms with Crippen molar-refractivity contribution >= 4 is 11.9 Å². The van der Waals surface area contributed by atoms with Gasteiger partial charge in [-0.2, -0.15) is 0 Å². The zero-order chi connectivity index (χ0) is 42.2. The predicted molar refractivity (Wildman–Crippen MR) is 247 cm³/mol. The lowest BCUT2D eigenvalue weighted by molar-refractivity contribution is -0.150. The average molecular weight is 816 g/mol. The molecular formula is C51H97N3O4. The maximum absolute atomic E-state index is 13.1. The monoisotopic (exact) mass is 816 g/mol. The second-order valence-corrected chi connectivity index (χ2v) is 17.7. The molecule has 2 atom stereocenters. The maximum atomic E-state index is 13.1. The minimum Gasteiger partial charge on any atom is -0.465 e. The van der Waals surface area contributed by atoms with Crippen LogP contribution >= 0.6 is 0 Å². The lowest BCUT2D eigenvalue weighted by Crippen LogP contribution is -2.28. The van der Waals surface area contributed by atoms with E-state index in [4.69, 9.17) is 9.47 Å². The SMILES string of the molecule is CCCCCCCCC(CCCCCC)C(=O)OCCCCCCN(CCCCCCOC(=O)[C@@H](CCCCCC)CCCCCCCC)CCCn1ccnc1C. The number of esters is 2. The fourth-order valence-corrected chi connectivity index (χ4v) is 8.34. The Morgan fingerprint density at radius 3 is 1.24 bits per heavy atom. The van der Waals surface area contributed by atoms with Crippen LogP contribution in [0.15, 0.2) is 12.4 Å². The fourth-order valence-electron chi connectivity index (χ4n) is 8.34. The van der Waals surface area contributed by atoms with Gasteiger partial charge in [0.05, 0.1) is 25.0 Å². The lowest BCUT2D eigenvalue weighted by Gasteiger charge is -2.22. The first-order chi connectivity index (χ1) is 28.5. The molecule has 0 fully saturated rings. The van der Waals surface area contributed by atoms with Crippen LogP contribution in [0.2, 0.25) is 0 Å². The molecule has 1 heterocycles. The quantitative estimate of drug-likeness (QED) is 0.0482. The van der Waals surface area contributed by atoms with E-state index in [-0.39, 0.29) is 23.8 Å². The molecule has 0 amide bonds. The Bertz CT molecular complexity index is 987. The van der Waals surface area contributed by atoms with E-state index >= 15 is 0 Å². The highest BCUT2D eigenvalue weighted by Gasteiger charge is 2.20. The summed E-state index contributed by atoms with van der Waals surface area (Å²) < 4.78 is 14.0. The van der Waals surface area contributed by atoms with Crippen LogP contribution in [-0.4, -0.2) is 59.2 Å². The summed E-state index contributed by atoms with van der Waals surface area (Å²) in [5.74, 6) is 1.40. The minimum atomic E-state index is 0.0630. The van der Waals surface area contributed by atoms with Gasteiger partial charge >= 0.3 is 11.9 Å². The number of carbonyl (C=O) groups excluding carboxylic acids is 2. The van der Waals surface area contributed by atoms with Crippen LogP contribution in [0.4, 0.5) is 0 Å². The van der Waals surface area contributed by atoms with Crippen molar-refractivity contribution in [1.29, 1.82) is 0 Å². The van der Waals surface area contributed by atoms with Crippen LogP contribution in [0.3, 0.4) is 0 Å². The molecule has 0 N–H and O–H groups in total. The Hall–Kier alpha value is -1.89. The zero-order valence-corrected chi connectivity index (χ0v) is 39.4. The molecular weight excluding hydrogens is 719 g/mol. The molecule has 1 aromatic rings. The summed E-state index contributed by atoms with van der Waals surface area (Å²) >= 11 is 0. The van der Waals surface area contributed by atoms with Gasteiger partial charge < -0.3 is 18.9 Å². The molecule has 0 saturated carbocycles. The van der Waals surface area contributed by atoms with Crippen LogP contribution in [0, 0.1) is 18.8 Å². The number of ether oxygens (including phenoxy) is 2. The van der Waals surface area contributed by atoms with Crippen molar-refractivity contribution in [2.24, 2.45) is 11.8 Å². The second kappa shape index (κ2) is 40.5. The van der Waals surface area contributed by atoms with Gasteiger partial charge in [-0.25, -0.2) is 4.98 Å². The van der Waals surface area contributed by atoms with Crippen LogP contribution in [0.1, 0.15) is 245 Å². The third kappa shape index (κ3) is 31.1. The predicted octanol–water partition coefficient (Wildman–Crippen LogP) is 14.8. The van der Waals surface area contributed by atoms with Gasteiger partial charge in [0.2, 0.25) is 0 Å². The molecule has 1 rings (SSSR count). The largest absolute Gasteiger partial charge is 0.465 e. The molecule has 1 unspecified atom stereocenters. The molecule has 340 valence electrons. The summed E-state index contributed by atoms with van der Waals surface area (Å²) in [6, 6.07) is 0. The summed E-state index contributed by atoms with van der Waals surface area (Å²) in [6.07, 6.45) is 43.0. The Morgan fingerprint density at radius 2 is 0.845 bits per heavy atom. The normalized spacial score (nSPS) is 12.7. The summed E-state index contributed by atoms with van der Waals surface area (Å²) in [7, 11) is 0. The molecule has 0 bridgehead atoms. The van der Waals surface area contributed by atoms with Crippen molar-refractivity contribution in [2.45, 2.75) is 253 Å². The Balaban J connectivity index is 2.42. The molecule has 58 heavy (non-hydrogen) atoms. The van der Waals surface area contributed by atoms with Gasteiger partial charge in [-0.1, -0.05) is 182 Å².